The number of carbonyl (C=O) groups excluding carboxylic acids is 2. The highest BCUT2D eigenvalue weighted by Crippen LogP contribution is 2.39. The van der Waals surface area contributed by atoms with Gasteiger partial charge >= 0.3 is 5.97 Å². The summed E-state index contributed by atoms with van der Waals surface area (Å²) in [5.74, 6) is -0.297. The van der Waals surface area contributed by atoms with Gasteiger partial charge in [0.05, 0.1) is 24.8 Å². The van der Waals surface area contributed by atoms with Crippen LogP contribution in [0.4, 0.5) is 11.6 Å². The van der Waals surface area contributed by atoms with Crippen LogP contribution >= 0.6 is 0 Å². The third-order valence-corrected chi connectivity index (χ3v) is 7.94. The fraction of sp³-hybridized carbons (Fsp3) is 0.357. The van der Waals surface area contributed by atoms with Crippen molar-refractivity contribution in [3.8, 4) is 16.9 Å². The lowest BCUT2D eigenvalue weighted by atomic mass is 9.97. The van der Waals surface area contributed by atoms with Crippen molar-refractivity contribution in [2.45, 2.75) is 44.7 Å². The molecule has 0 aliphatic carbocycles. The average Bonchev–Trinajstić information content (AvgIpc) is 3.19. The highest BCUT2D eigenvalue weighted by molar-refractivity contribution is 7.90. The molecule has 3 aromatic rings. The molecule has 0 spiro atoms. The smallest absolute Gasteiger partial charge is 0.338 e. The van der Waals surface area contributed by atoms with E-state index >= 15 is 0 Å². The molecule has 0 saturated carbocycles. The predicted octanol–water partition coefficient (Wildman–Crippen LogP) is 4.15. The van der Waals surface area contributed by atoms with Gasteiger partial charge in [0.2, 0.25) is 0 Å². The first-order valence-electron chi connectivity index (χ1n) is 12.8. The topological polar surface area (TPSA) is 154 Å². The van der Waals surface area contributed by atoms with Gasteiger partial charge in [0.15, 0.2) is 5.03 Å². The average molecular weight is 572 g/mol. The number of aromatic nitrogens is 2. The Kier molecular flexibility index (Phi) is 8.01. The lowest BCUT2D eigenvalue weighted by Crippen LogP contribution is -2.41. The van der Waals surface area contributed by atoms with Gasteiger partial charge in [-0.15, -0.1) is 0 Å². The van der Waals surface area contributed by atoms with Crippen molar-refractivity contribution in [1.82, 2.24) is 14.7 Å². The van der Waals surface area contributed by atoms with Crippen LogP contribution in [0.2, 0.25) is 0 Å². The number of ether oxygens (including phenoxy) is 2. The Morgan fingerprint density at radius 1 is 1.23 bits per heavy atom. The summed E-state index contributed by atoms with van der Waals surface area (Å²) in [7, 11) is -2.86. The number of nitrogens with zero attached hydrogens (tertiary/aromatic N) is 3. The third-order valence-electron chi connectivity index (χ3n) is 6.71. The van der Waals surface area contributed by atoms with Crippen LogP contribution in [-0.2, 0) is 14.8 Å². The molecule has 216 valence electrons. The number of benzene rings is 1. The Morgan fingerprint density at radius 2 is 1.98 bits per heavy atom. The number of sulfonamides is 1. The Morgan fingerprint density at radius 3 is 2.60 bits per heavy atom. The number of nitrogen functional groups attached to an aromatic ring is 1. The Bertz CT molecular complexity index is 1570. The number of amides is 1. The van der Waals surface area contributed by atoms with Crippen LogP contribution in [-0.4, -0.2) is 56.1 Å². The summed E-state index contributed by atoms with van der Waals surface area (Å²) in [6.45, 7) is 8.76. The molecule has 3 N–H and O–H groups in total. The molecular weight excluding hydrogens is 534 g/mol. The number of methoxy groups -OCH3 is 1. The molecule has 3 heterocycles. The van der Waals surface area contributed by atoms with Gasteiger partial charge in [0, 0.05) is 32.3 Å². The number of pyridine rings is 2. The molecule has 1 unspecified atom stereocenters. The second-order valence-electron chi connectivity index (χ2n) is 10.3. The Balaban J connectivity index is 0.00000308. The normalized spacial score (nSPS) is 16.4. The zero-order valence-corrected chi connectivity index (χ0v) is 23.9. The number of rotatable bonds is 8. The molecule has 1 amide bonds. The standard InChI is InChI=1S/C28H33N5O6S.2H2/c1-6-39-27(35)18-10-11-22(38-5)20(12-18)19-13-21(25(30-15-19)33-16-17(2)14-28(33,3)4)26(34)32-40(36,37)24-9-7-8-23(29)31-24;;/h7-13,15,17H,6,14,16H2,1-5H3,(H2,29,31)(H,32,34);2*1H. The van der Waals surface area contributed by atoms with E-state index in [1.807, 2.05) is 18.7 Å². The number of nitrogens with two attached hydrogens (primary N) is 1. The first kappa shape index (κ1) is 28.8. The quantitative estimate of drug-likeness (QED) is 0.377. The minimum Gasteiger partial charge on any atom is -0.496 e. The van der Waals surface area contributed by atoms with Crippen molar-refractivity contribution in [3.05, 3.63) is 59.8 Å². The van der Waals surface area contributed by atoms with Crippen LogP contribution in [0.1, 0.15) is 57.7 Å². The minimum absolute atomic E-state index is 0. The van der Waals surface area contributed by atoms with Gasteiger partial charge in [-0.1, -0.05) is 13.0 Å². The summed E-state index contributed by atoms with van der Waals surface area (Å²) in [6.07, 6.45) is 2.43. The van der Waals surface area contributed by atoms with E-state index in [2.05, 4.69) is 21.6 Å². The number of nitrogens with one attached hydrogen (secondary N) is 1. The van der Waals surface area contributed by atoms with Gasteiger partial charge in [0.1, 0.15) is 17.4 Å². The van der Waals surface area contributed by atoms with Crippen molar-refractivity contribution < 1.29 is 30.3 Å². The van der Waals surface area contributed by atoms with E-state index < -0.39 is 21.9 Å². The highest BCUT2D eigenvalue weighted by Gasteiger charge is 2.39. The number of esters is 1. The summed E-state index contributed by atoms with van der Waals surface area (Å²) in [6, 6.07) is 10.5. The molecule has 1 aliphatic heterocycles. The molecule has 12 heteroatoms. The molecule has 1 aliphatic rings. The van der Waals surface area contributed by atoms with E-state index in [1.165, 1.54) is 25.3 Å². The number of hydrogen-bond acceptors (Lipinski definition) is 10. The summed E-state index contributed by atoms with van der Waals surface area (Å²) >= 11 is 0. The van der Waals surface area contributed by atoms with Crippen molar-refractivity contribution >= 4 is 33.5 Å². The lowest BCUT2D eigenvalue weighted by molar-refractivity contribution is 0.0526. The van der Waals surface area contributed by atoms with Gasteiger partial charge in [-0.25, -0.2) is 19.5 Å². The second kappa shape index (κ2) is 11.1. The number of anilines is 2. The SMILES string of the molecule is CCOC(=O)c1ccc(OC)c(-c2cnc(N3CC(C)CC3(C)C)c(C(=O)NS(=O)(=O)c3cccc(N)n3)c2)c1.[HH].[HH]. The maximum Gasteiger partial charge on any atom is 0.338 e. The predicted molar refractivity (Wildman–Crippen MR) is 155 cm³/mol. The molecule has 0 radical (unpaired) electrons. The van der Waals surface area contributed by atoms with Gasteiger partial charge in [-0.05, 0) is 69.5 Å². The molecular formula is C28H37N5O6S. The Labute approximate surface area is 236 Å². The van der Waals surface area contributed by atoms with Crippen molar-refractivity contribution in [1.29, 1.82) is 0 Å². The molecule has 11 nitrogen and oxygen atoms in total. The first-order chi connectivity index (χ1) is 18.9. The maximum absolute atomic E-state index is 13.7. The zero-order chi connectivity index (χ0) is 29.2. The Hall–Kier alpha value is -4.19. The van der Waals surface area contributed by atoms with E-state index in [9.17, 15) is 18.0 Å². The molecule has 2 aromatic heterocycles. The summed E-state index contributed by atoms with van der Waals surface area (Å²) in [4.78, 5) is 36.6. The molecule has 4 rings (SSSR count). The maximum atomic E-state index is 13.7. The largest absolute Gasteiger partial charge is 0.496 e. The first-order valence-corrected chi connectivity index (χ1v) is 14.3. The molecule has 0 bridgehead atoms. The summed E-state index contributed by atoms with van der Waals surface area (Å²) in [5.41, 5.74) is 6.58. The van der Waals surface area contributed by atoms with E-state index in [0.717, 1.165) is 6.42 Å². The fourth-order valence-electron chi connectivity index (χ4n) is 5.03. The monoisotopic (exact) mass is 571 g/mol. The number of hydrogen-bond donors (Lipinski definition) is 2. The van der Waals surface area contributed by atoms with Gasteiger partial charge in [0.25, 0.3) is 15.9 Å². The molecule has 1 aromatic carbocycles. The molecule has 1 saturated heterocycles. The summed E-state index contributed by atoms with van der Waals surface area (Å²) in [5, 5.41) is -0.384. The minimum atomic E-state index is -4.35. The van der Waals surface area contributed by atoms with Crippen LogP contribution in [0, 0.1) is 5.92 Å². The van der Waals surface area contributed by atoms with Crippen LogP contribution in [0.5, 0.6) is 5.75 Å². The zero-order valence-electron chi connectivity index (χ0n) is 23.1. The molecule has 1 atom stereocenters. The molecule has 40 heavy (non-hydrogen) atoms. The van der Waals surface area contributed by atoms with E-state index in [4.69, 9.17) is 15.2 Å². The van der Waals surface area contributed by atoms with Gasteiger partial charge < -0.3 is 20.1 Å². The van der Waals surface area contributed by atoms with E-state index in [0.29, 0.717) is 35.2 Å². The van der Waals surface area contributed by atoms with E-state index in [-0.39, 0.29) is 37.0 Å². The number of carbonyl (C=O) groups is 2. The summed E-state index contributed by atoms with van der Waals surface area (Å²) < 4.78 is 38.9. The highest BCUT2D eigenvalue weighted by atomic mass is 32.2. The van der Waals surface area contributed by atoms with Crippen LogP contribution < -0.4 is 20.1 Å². The third kappa shape index (κ3) is 5.86. The van der Waals surface area contributed by atoms with Gasteiger partial charge in [-0.2, -0.15) is 8.42 Å². The second-order valence-corrected chi connectivity index (χ2v) is 11.9. The van der Waals surface area contributed by atoms with Crippen LogP contribution in [0.25, 0.3) is 11.1 Å². The van der Waals surface area contributed by atoms with E-state index in [1.54, 1.807) is 37.4 Å². The van der Waals surface area contributed by atoms with Crippen molar-refractivity contribution in [3.63, 3.8) is 0 Å². The van der Waals surface area contributed by atoms with Crippen LogP contribution in [0.3, 0.4) is 0 Å². The lowest BCUT2D eigenvalue weighted by Gasteiger charge is -2.34. The molecule has 1 fully saturated rings. The van der Waals surface area contributed by atoms with Crippen molar-refractivity contribution in [2.75, 3.05) is 30.9 Å². The van der Waals surface area contributed by atoms with Crippen molar-refractivity contribution in [2.24, 2.45) is 5.92 Å². The van der Waals surface area contributed by atoms with Crippen LogP contribution in [0.15, 0.2) is 53.7 Å². The fourth-order valence-corrected chi connectivity index (χ4v) is 5.97. The van der Waals surface area contributed by atoms with Gasteiger partial charge in [-0.3, -0.25) is 4.79 Å².